The van der Waals surface area contributed by atoms with E-state index in [1.165, 1.54) is 12.4 Å². The number of nitrogens with zero attached hydrogens (tertiary/aromatic N) is 3. The number of nitrogens with one attached hydrogen (secondary N) is 2. The van der Waals surface area contributed by atoms with Gasteiger partial charge in [-0.2, -0.15) is 0 Å². The standard InChI is InChI=1S/C10H12ClN5O2S/c11-10-14-6-8(7-15-10)19(17,18)16-3-1-2-9-12-4-5-13-9/h4-7,16H,1-3H2,(H,12,13). The number of aryl methyl sites for hydroxylation is 1. The molecule has 2 aromatic rings. The minimum atomic E-state index is -3.58. The molecular formula is C10H12ClN5O2S. The lowest BCUT2D eigenvalue weighted by molar-refractivity contribution is 0.577. The molecule has 0 aromatic carbocycles. The molecule has 0 spiro atoms. The topological polar surface area (TPSA) is 101 Å². The highest BCUT2D eigenvalue weighted by molar-refractivity contribution is 7.89. The fourth-order valence-corrected chi connectivity index (χ4v) is 2.48. The van der Waals surface area contributed by atoms with E-state index in [0.717, 1.165) is 5.82 Å². The Bertz CT molecular complexity index is 612. The first-order chi connectivity index (χ1) is 9.08. The summed E-state index contributed by atoms with van der Waals surface area (Å²) in [5.74, 6) is 0.828. The van der Waals surface area contributed by atoms with E-state index in [1.807, 2.05) is 0 Å². The molecular weight excluding hydrogens is 290 g/mol. The smallest absolute Gasteiger partial charge is 0.243 e. The third-order valence-corrected chi connectivity index (χ3v) is 3.95. The van der Waals surface area contributed by atoms with E-state index in [2.05, 4.69) is 24.7 Å². The Hall–Kier alpha value is -1.51. The normalized spacial score (nSPS) is 11.6. The van der Waals surface area contributed by atoms with Crippen LogP contribution < -0.4 is 4.72 Å². The summed E-state index contributed by atoms with van der Waals surface area (Å²) in [6.45, 7) is 0.311. The van der Waals surface area contributed by atoms with Crippen LogP contribution in [0.3, 0.4) is 0 Å². The molecule has 0 unspecified atom stereocenters. The Morgan fingerprint density at radius 3 is 2.63 bits per heavy atom. The molecule has 0 saturated carbocycles. The Balaban J connectivity index is 1.86. The summed E-state index contributed by atoms with van der Waals surface area (Å²) in [6, 6.07) is 0. The molecule has 7 nitrogen and oxygen atoms in total. The maximum absolute atomic E-state index is 11.8. The first kappa shape index (κ1) is 13.9. The second-order valence-corrected chi connectivity index (χ2v) is 5.83. The summed E-state index contributed by atoms with van der Waals surface area (Å²) in [4.78, 5) is 14.3. The van der Waals surface area contributed by atoms with Crippen LogP contribution in [0, 0.1) is 0 Å². The van der Waals surface area contributed by atoms with Crippen LogP contribution in [0.2, 0.25) is 5.28 Å². The molecule has 0 bridgehead atoms. The molecule has 0 radical (unpaired) electrons. The van der Waals surface area contributed by atoms with Crippen molar-refractivity contribution in [1.82, 2.24) is 24.7 Å². The molecule has 0 amide bonds. The lowest BCUT2D eigenvalue weighted by atomic mass is 10.3. The highest BCUT2D eigenvalue weighted by Crippen LogP contribution is 2.07. The predicted molar refractivity (Wildman–Crippen MR) is 69.1 cm³/mol. The number of H-pyrrole nitrogens is 1. The first-order valence-corrected chi connectivity index (χ1v) is 7.39. The van der Waals surface area contributed by atoms with Crippen molar-refractivity contribution in [2.24, 2.45) is 0 Å². The van der Waals surface area contributed by atoms with Gasteiger partial charge >= 0.3 is 0 Å². The molecule has 2 rings (SSSR count). The van der Waals surface area contributed by atoms with Crippen molar-refractivity contribution in [2.75, 3.05) is 6.54 Å². The number of halogens is 1. The van der Waals surface area contributed by atoms with Gasteiger partial charge in [0.1, 0.15) is 10.7 Å². The Labute approximate surface area is 115 Å². The van der Waals surface area contributed by atoms with Crippen LogP contribution in [0.5, 0.6) is 0 Å². The van der Waals surface area contributed by atoms with Gasteiger partial charge in [-0.05, 0) is 18.0 Å². The highest BCUT2D eigenvalue weighted by atomic mass is 35.5. The third-order valence-electron chi connectivity index (χ3n) is 2.34. The number of imidazole rings is 1. The maximum Gasteiger partial charge on any atom is 0.243 e. The monoisotopic (exact) mass is 301 g/mol. The van der Waals surface area contributed by atoms with Gasteiger partial charge in [0.05, 0.1) is 12.4 Å². The zero-order valence-corrected chi connectivity index (χ0v) is 11.4. The van der Waals surface area contributed by atoms with Gasteiger partial charge in [0.25, 0.3) is 0 Å². The van der Waals surface area contributed by atoms with E-state index >= 15 is 0 Å². The summed E-state index contributed by atoms with van der Waals surface area (Å²) in [5.41, 5.74) is 0. The number of hydrogen-bond donors (Lipinski definition) is 2. The second-order valence-electron chi connectivity index (χ2n) is 3.72. The molecule has 0 saturated heterocycles. The zero-order chi connectivity index (χ0) is 13.7. The van der Waals surface area contributed by atoms with Crippen LogP contribution in [0.4, 0.5) is 0 Å². The van der Waals surface area contributed by atoms with Gasteiger partial charge in [-0.1, -0.05) is 0 Å². The van der Waals surface area contributed by atoms with E-state index in [-0.39, 0.29) is 10.2 Å². The van der Waals surface area contributed by atoms with Crippen molar-refractivity contribution < 1.29 is 8.42 Å². The van der Waals surface area contributed by atoms with Crippen molar-refractivity contribution in [3.8, 4) is 0 Å². The Kier molecular flexibility index (Phi) is 4.46. The van der Waals surface area contributed by atoms with Gasteiger partial charge < -0.3 is 4.98 Å². The second kappa shape index (κ2) is 6.09. The summed E-state index contributed by atoms with van der Waals surface area (Å²) < 4.78 is 26.2. The Morgan fingerprint density at radius 1 is 1.26 bits per heavy atom. The van der Waals surface area contributed by atoms with E-state index in [4.69, 9.17) is 11.6 Å². The molecule has 2 aromatic heterocycles. The fraction of sp³-hybridized carbons (Fsp3) is 0.300. The molecule has 0 aliphatic heterocycles. The van der Waals surface area contributed by atoms with Crippen molar-refractivity contribution >= 4 is 21.6 Å². The molecule has 9 heteroatoms. The molecule has 0 aliphatic rings. The van der Waals surface area contributed by atoms with Crippen LogP contribution in [0.25, 0.3) is 0 Å². The first-order valence-electron chi connectivity index (χ1n) is 5.53. The van der Waals surface area contributed by atoms with E-state index < -0.39 is 10.0 Å². The quantitative estimate of drug-likeness (QED) is 0.606. The van der Waals surface area contributed by atoms with Gasteiger partial charge in [0.15, 0.2) is 0 Å². The maximum atomic E-state index is 11.8. The van der Waals surface area contributed by atoms with Crippen LogP contribution in [-0.2, 0) is 16.4 Å². The fourth-order valence-electron chi connectivity index (χ4n) is 1.42. The van der Waals surface area contributed by atoms with Crippen LogP contribution >= 0.6 is 11.6 Å². The van der Waals surface area contributed by atoms with Gasteiger partial charge in [0, 0.05) is 25.4 Å². The van der Waals surface area contributed by atoms with Gasteiger partial charge in [-0.15, -0.1) is 0 Å². The van der Waals surface area contributed by atoms with Crippen molar-refractivity contribution in [3.05, 3.63) is 35.9 Å². The van der Waals surface area contributed by atoms with Gasteiger partial charge in [0.2, 0.25) is 15.3 Å². The van der Waals surface area contributed by atoms with E-state index in [1.54, 1.807) is 12.4 Å². The number of rotatable bonds is 6. The largest absolute Gasteiger partial charge is 0.349 e. The average Bonchev–Trinajstić information content (AvgIpc) is 2.88. The van der Waals surface area contributed by atoms with Crippen LogP contribution in [-0.4, -0.2) is 34.9 Å². The predicted octanol–water partition coefficient (Wildman–Crippen LogP) is 0.764. The molecule has 2 N–H and O–H groups in total. The zero-order valence-electron chi connectivity index (χ0n) is 9.88. The minimum Gasteiger partial charge on any atom is -0.349 e. The average molecular weight is 302 g/mol. The number of aromatic nitrogens is 4. The molecule has 0 aliphatic carbocycles. The summed E-state index contributed by atoms with van der Waals surface area (Å²) in [7, 11) is -3.58. The summed E-state index contributed by atoms with van der Waals surface area (Å²) >= 11 is 5.50. The Morgan fingerprint density at radius 2 is 2.00 bits per heavy atom. The lowest BCUT2D eigenvalue weighted by Gasteiger charge is -2.05. The van der Waals surface area contributed by atoms with Gasteiger partial charge in [-0.25, -0.2) is 28.1 Å². The van der Waals surface area contributed by atoms with Crippen molar-refractivity contribution in [3.63, 3.8) is 0 Å². The molecule has 19 heavy (non-hydrogen) atoms. The molecule has 0 fully saturated rings. The van der Waals surface area contributed by atoms with E-state index in [0.29, 0.717) is 19.4 Å². The minimum absolute atomic E-state index is 0.00472. The molecule has 0 atom stereocenters. The molecule has 102 valence electrons. The van der Waals surface area contributed by atoms with Crippen molar-refractivity contribution in [1.29, 1.82) is 0 Å². The van der Waals surface area contributed by atoms with Crippen LogP contribution in [0.1, 0.15) is 12.2 Å². The lowest BCUT2D eigenvalue weighted by Crippen LogP contribution is -2.25. The third kappa shape index (κ3) is 3.98. The number of aromatic amines is 1. The number of hydrogen-bond acceptors (Lipinski definition) is 5. The van der Waals surface area contributed by atoms with Gasteiger partial charge in [-0.3, -0.25) is 0 Å². The SMILES string of the molecule is O=S(=O)(NCCCc1ncc[nH]1)c1cnc(Cl)nc1. The highest BCUT2D eigenvalue weighted by Gasteiger charge is 2.14. The van der Waals surface area contributed by atoms with Crippen LogP contribution in [0.15, 0.2) is 29.7 Å². The number of sulfonamides is 1. The summed E-state index contributed by atoms with van der Waals surface area (Å²) in [6.07, 6.45) is 7.04. The molecule has 2 heterocycles. The summed E-state index contributed by atoms with van der Waals surface area (Å²) in [5, 5.41) is 0.0109. The van der Waals surface area contributed by atoms with Crippen molar-refractivity contribution in [2.45, 2.75) is 17.7 Å². The van der Waals surface area contributed by atoms with E-state index in [9.17, 15) is 8.42 Å².